The van der Waals surface area contributed by atoms with Gasteiger partial charge in [0.05, 0.1) is 0 Å². The van der Waals surface area contributed by atoms with E-state index in [4.69, 9.17) is 0 Å². The first-order valence-electron chi connectivity index (χ1n) is 5.97. The molecule has 0 saturated heterocycles. The first kappa shape index (κ1) is 11.3. The number of benzene rings is 1. The van der Waals surface area contributed by atoms with Crippen molar-refractivity contribution in [3.8, 4) is 0 Å². The summed E-state index contributed by atoms with van der Waals surface area (Å²) >= 11 is 0. The van der Waals surface area contributed by atoms with E-state index in [0.29, 0.717) is 12.0 Å². The molecule has 0 bridgehead atoms. The molecule has 0 saturated carbocycles. The van der Waals surface area contributed by atoms with Gasteiger partial charge in [-0.1, -0.05) is 13.0 Å². The van der Waals surface area contributed by atoms with Crippen LogP contribution in [0.5, 0.6) is 0 Å². The summed E-state index contributed by atoms with van der Waals surface area (Å²) in [5.74, 6) is -0.153. The van der Waals surface area contributed by atoms with Gasteiger partial charge in [-0.25, -0.2) is 4.39 Å². The van der Waals surface area contributed by atoms with Crippen LogP contribution in [0.1, 0.15) is 48.8 Å². The molecular weight excluding hydrogens is 203 g/mol. The Balaban J connectivity index is 2.35. The molecule has 1 aromatic carbocycles. The lowest BCUT2D eigenvalue weighted by molar-refractivity contribution is -0.108. The fourth-order valence-corrected chi connectivity index (χ4v) is 2.42. The summed E-state index contributed by atoms with van der Waals surface area (Å²) in [5, 5.41) is 0. The number of fused-ring (bicyclic) bond motifs is 1. The average Bonchev–Trinajstić information content (AvgIpc) is 2.28. The van der Waals surface area contributed by atoms with Gasteiger partial charge in [0.2, 0.25) is 0 Å². The van der Waals surface area contributed by atoms with Crippen molar-refractivity contribution in [2.24, 2.45) is 0 Å². The van der Waals surface area contributed by atoms with Crippen molar-refractivity contribution >= 4 is 6.29 Å². The zero-order chi connectivity index (χ0) is 11.5. The van der Waals surface area contributed by atoms with Crippen LogP contribution in [0.15, 0.2) is 12.1 Å². The maximum atomic E-state index is 13.8. The fourth-order valence-electron chi connectivity index (χ4n) is 2.42. The number of aryl methyl sites for hydroxylation is 2. The van der Waals surface area contributed by atoms with E-state index in [1.807, 2.05) is 13.0 Å². The van der Waals surface area contributed by atoms with Crippen molar-refractivity contribution in [3.05, 3.63) is 34.6 Å². The minimum atomic E-state index is -0.144. The van der Waals surface area contributed by atoms with Crippen molar-refractivity contribution in [2.75, 3.05) is 0 Å². The second kappa shape index (κ2) is 4.77. The van der Waals surface area contributed by atoms with E-state index in [0.717, 1.165) is 31.1 Å². The highest BCUT2D eigenvalue weighted by Crippen LogP contribution is 2.28. The third kappa shape index (κ3) is 2.16. The van der Waals surface area contributed by atoms with E-state index >= 15 is 0 Å². The van der Waals surface area contributed by atoms with Crippen molar-refractivity contribution in [1.82, 2.24) is 0 Å². The highest BCUT2D eigenvalue weighted by atomic mass is 19.1. The smallest absolute Gasteiger partial charge is 0.126 e. The monoisotopic (exact) mass is 220 g/mol. The van der Waals surface area contributed by atoms with Gasteiger partial charge in [0.15, 0.2) is 0 Å². The van der Waals surface area contributed by atoms with Crippen LogP contribution in [-0.2, 0) is 17.6 Å². The second-order valence-electron chi connectivity index (χ2n) is 4.65. The summed E-state index contributed by atoms with van der Waals surface area (Å²) < 4.78 is 13.8. The highest BCUT2D eigenvalue weighted by Gasteiger charge is 2.16. The molecule has 86 valence electrons. The minimum Gasteiger partial charge on any atom is -0.303 e. The van der Waals surface area contributed by atoms with E-state index in [1.165, 1.54) is 12.0 Å². The zero-order valence-electron chi connectivity index (χ0n) is 9.63. The lowest BCUT2D eigenvalue weighted by atomic mass is 9.87. The predicted molar refractivity (Wildman–Crippen MR) is 62.1 cm³/mol. The molecule has 1 aliphatic carbocycles. The predicted octanol–water partition coefficient (Wildman–Crippen LogP) is 3.40. The van der Waals surface area contributed by atoms with Gasteiger partial charge in [-0.05, 0) is 54.4 Å². The van der Waals surface area contributed by atoms with Crippen molar-refractivity contribution in [2.45, 2.75) is 44.9 Å². The Labute approximate surface area is 95.7 Å². The molecule has 1 aromatic rings. The summed E-state index contributed by atoms with van der Waals surface area (Å²) in [4.78, 5) is 10.5. The lowest BCUT2D eigenvalue weighted by Gasteiger charge is -2.19. The molecular formula is C14H17FO. The number of hydrogen-bond donors (Lipinski definition) is 0. The van der Waals surface area contributed by atoms with E-state index in [9.17, 15) is 9.18 Å². The number of carbonyl (C=O) groups excluding carboxylic acids is 1. The van der Waals surface area contributed by atoms with E-state index in [2.05, 4.69) is 0 Å². The van der Waals surface area contributed by atoms with Crippen LogP contribution in [0.25, 0.3) is 0 Å². The molecule has 0 aliphatic heterocycles. The van der Waals surface area contributed by atoms with Gasteiger partial charge in [-0.2, -0.15) is 0 Å². The van der Waals surface area contributed by atoms with E-state index < -0.39 is 0 Å². The number of hydrogen-bond acceptors (Lipinski definition) is 1. The Hall–Kier alpha value is -1.18. The molecule has 0 fully saturated rings. The first-order chi connectivity index (χ1) is 7.72. The number of halogens is 1. The summed E-state index contributed by atoms with van der Waals surface area (Å²) in [6.45, 7) is 1.90. The van der Waals surface area contributed by atoms with Crippen LogP contribution in [0, 0.1) is 5.82 Å². The van der Waals surface area contributed by atoms with E-state index in [1.54, 1.807) is 6.07 Å². The summed E-state index contributed by atoms with van der Waals surface area (Å²) in [7, 11) is 0. The molecule has 2 heteroatoms. The van der Waals surface area contributed by atoms with Crippen LogP contribution in [-0.4, -0.2) is 6.29 Å². The Bertz CT molecular complexity index is 398. The SMILES string of the molecule is CC(CC=O)c1cc2c(cc1F)CCCC2. The fraction of sp³-hybridized carbons (Fsp3) is 0.500. The second-order valence-corrected chi connectivity index (χ2v) is 4.65. The topological polar surface area (TPSA) is 17.1 Å². The highest BCUT2D eigenvalue weighted by molar-refractivity contribution is 5.52. The molecule has 0 spiro atoms. The molecule has 1 atom stereocenters. The number of carbonyl (C=O) groups is 1. The molecule has 1 aliphatic rings. The minimum absolute atomic E-state index is 0.00951. The first-order valence-corrected chi connectivity index (χ1v) is 5.97. The standard InChI is InChI=1S/C14H17FO/c1-10(6-7-16)13-8-11-4-2-3-5-12(11)9-14(13)15/h7-10H,2-6H2,1H3. The third-order valence-electron chi connectivity index (χ3n) is 3.44. The van der Waals surface area contributed by atoms with Crippen molar-refractivity contribution in [1.29, 1.82) is 0 Å². The zero-order valence-corrected chi connectivity index (χ0v) is 9.63. The molecule has 0 amide bonds. The molecule has 1 unspecified atom stereocenters. The molecule has 0 aromatic heterocycles. The van der Waals surface area contributed by atoms with Gasteiger partial charge < -0.3 is 4.79 Å². The van der Waals surface area contributed by atoms with E-state index in [-0.39, 0.29) is 11.7 Å². The maximum Gasteiger partial charge on any atom is 0.126 e. The van der Waals surface area contributed by atoms with Gasteiger partial charge >= 0.3 is 0 Å². The van der Waals surface area contributed by atoms with Gasteiger partial charge in [0.1, 0.15) is 12.1 Å². The quantitative estimate of drug-likeness (QED) is 0.713. The van der Waals surface area contributed by atoms with Gasteiger partial charge in [0.25, 0.3) is 0 Å². The lowest BCUT2D eigenvalue weighted by Crippen LogP contribution is -2.07. The summed E-state index contributed by atoms with van der Waals surface area (Å²) in [5.41, 5.74) is 3.14. The Morgan fingerprint density at radius 1 is 1.31 bits per heavy atom. The molecule has 0 radical (unpaired) electrons. The van der Waals surface area contributed by atoms with Crippen molar-refractivity contribution in [3.63, 3.8) is 0 Å². The molecule has 16 heavy (non-hydrogen) atoms. The third-order valence-corrected chi connectivity index (χ3v) is 3.44. The van der Waals surface area contributed by atoms with Gasteiger partial charge in [0, 0.05) is 6.42 Å². The van der Waals surface area contributed by atoms with Crippen LogP contribution in [0.4, 0.5) is 4.39 Å². The Morgan fingerprint density at radius 3 is 2.56 bits per heavy atom. The van der Waals surface area contributed by atoms with Crippen LogP contribution < -0.4 is 0 Å². The van der Waals surface area contributed by atoms with Gasteiger partial charge in [-0.15, -0.1) is 0 Å². The Kier molecular flexibility index (Phi) is 3.37. The summed E-state index contributed by atoms with van der Waals surface area (Å²) in [6, 6.07) is 3.64. The molecule has 0 N–H and O–H groups in total. The van der Waals surface area contributed by atoms with Crippen LogP contribution in [0.2, 0.25) is 0 Å². The van der Waals surface area contributed by atoms with Crippen LogP contribution >= 0.6 is 0 Å². The number of aldehydes is 1. The van der Waals surface area contributed by atoms with Crippen LogP contribution in [0.3, 0.4) is 0 Å². The molecule has 0 heterocycles. The largest absolute Gasteiger partial charge is 0.303 e. The maximum absolute atomic E-state index is 13.8. The number of rotatable bonds is 3. The Morgan fingerprint density at radius 2 is 1.94 bits per heavy atom. The normalized spacial score (nSPS) is 16.6. The molecule has 2 rings (SSSR count). The summed E-state index contributed by atoms with van der Waals surface area (Å²) in [6.07, 6.45) is 5.67. The molecule has 1 nitrogen and oxygen atoms in total. The van der Waals surface area contributed by atoms with Gasteiger partial charge in [-0.3, -0.25) is 0 Å². The average molecular weight is 220 g/mol. The van der Waals surface area contributed by atoms with Crippen molar-refractivity contribution < 1.29 is 9.18 Å².